The van der Waals surface area contributed by atoms with Gasteiger partial charge in [0.2, 0.25) is 0 Å². The summed E-state index contributed by atoms with van der Waals surface area (Å²) in [6.07, 6.45) is -4.19. The van der Waals surface area contributed by atoms with Crippen LogP contribution < -0.4 is 21.9 Å². The first-order valence-electron chi connectivity index (χ1n) is 14.1. The molecule has 1 aromatic heterocycles. The molecule has 0 radical (unpaired) electrons. The average Bonchev–Trinajstić information content (AvgIpc) is 3.33. The summed E-state index contributed by atoms with van der Waals surface area (Å²) in [5, 5.41) is 22.6. The van der Waals surface area contributed by atoms with Crippen molar-refractivity contribution in [3.05, 3.63) is 55.6 Å². The fourth-order valence-corrected chi connectivity index (χ4v) is 7.72. The third kappa shape index (κ3) is 11.2. The van der Waals surface area contributed by atoms with Crippen LogP contribution in [-0.2, 0) is 42.9 Å². The van der Waals surface area contributed by atoms with Crippen LogP contribution in [0.3, 0.4) is 0 Å². The summed E-state index contributed by atoms with van der Waals surface area (Å²) in [5.74, 6) is 5.36. The van der Waals surface area contributed by atoms with Crippen molar-refractivity contribution in [3.8, 4) is 17.6 Å². The number of hydrogen-bond acceptors (Lipinski definition) is 16. The fourth-order valence-electron chi connectivity index (χ4n) is 4.69. The number of benzene rings is 1. The minimum absolute atomic E-state index is 0.0115. The molecule has 0 amide bonds. The van der Waals surface area contributed by atoms with Crippen molar-refractivity contribution in [2.24, 2.45) is 11.1 Å². The van der Waals surface area contributed by atoms with E-state index in [0.717, 1.165) is 4.57 Å². The maximum absolute atomic E-state index is 12.8. The monoisotopic (exact) mass is 771 g/mol. The Labute approximate surface area is 283 Å². The van der Waals surface area contributed by atoms with E-state index in [9.17, 15) is 43.5 Å². The van der Waals surface area contributed by atoms with Gasteiger partial charge in [0, 0.05) is 24.2 Å². The third-order valence-electron chi connectivity index (χ3n) is 6.74. The van der Waals surface area contributed by atoms with Gasteiger partial charge >= 0.3 is 29.2 Å². The van der Waals surface area contributed by atoms with E-state index in [1.54, 1.807) is 20.8 Å². The van der Waals surface area contributed by atoms with Crippen molar-refractivity contribution in [2.45, 2.75) is 58.3 Å². The Morgan fingerprint density at radius 2 is 1.84 bits per heavy atom. The number of aromatic nitrogens is 2. The number of anilines is 1. The topological polar surface area (TPSA) is 338 Å². The first kappa shape index (κ1) is 41.3. The molecule has 2 heterocycles. The van der Waals surface area contributed by atoms with Crippen LogP contribution in [0.5, 0.6) is 5.75 Å². The number of phosphoric acid groups is 3. The molecule has 25 heteroatoms. The van der Waals surface area contributed by atoms with Gasteiger partial charge in [-0.3, -0.25) is 19.2 Å². The highest BCUT2D eigenvalue weighted by molar-refractivity contribution is 7.66. The molecule has 0 bridgehead atoms. The van der Waals surface area contributed by atoms with Gasteiger partial charge in [-0.25, -0.2) is 18.5 Å². The lowest BCUT2D eigenvalue weighted by atomic mass is 9.83. The highest BCUT2D eigenvalue weighted by Crippen LogP contribution is 2.66. The second kappa shape index (κ2) is 16.1. The summed E-state index contributed by atoms with van der Waals surface area (Å²) >= 11 is 0. The van der Waals surface area contributed by atoms with E-state index in [0.29, 0.717) is 0 Å². The van der Waals surface area contributed by atoms with Crippen LogP contribution in [0.2, 0.25) is 0 Å². The molecule has 1 aliphatic heterocycles. The molecule has 6 atom stereocenters. The molecular formula is C25H36N5O17P3. The van der Waals surface area contributed by atoms with Crippen molar-refractivity contribution in [3.63, 3.8) is 0 Å². The molecular weight excluding hydrogens is 735 g/mol. The zero-order chi connectivity index (χ0) is 37.8. The van der Waals surface area contributed by atoms with Crippen molar-refractivity contribution in [2.75, 3.05) is 26.0 Å². The number of rotatable bonds is 14. The SMILES string of the molecule is COc1cc([C@@H](OCc2cn([C@H]3C[C@H](O)[C@@H](COP(=O)(O)OP(=O)(O)OP(=O)(O)O)O3)c(=O)nc2N)C(C)(C)C)c([N+](=O)[O-])cc1C#CCN. The molecule has 1 aromatic carbocycles. The zero-order valence-corrected chi connectivity index (χ0v) is 29.5. The lowest BCUT2D eigenvalue weighted by Crippen LogP contribution is -2.30. The second-order valence-electron chi connectivity index (χ2n) is 11.6. The summed E-state index contributed by atoms with van der Waals surface area (Å²) in [6.45, 7) is 4.02. The van der Waals surface area contributed by atoms with E-state index in [1.165, 1.54) is 25.4 Å². The number of nitro groups is 1. The molecule has 3 rings (SSSR count). The van der Waals surface area contributed by atoms with Gasteiger partial charge in [-0.2, -0.15) is 13.6 Å². The van der Waals surface area contributed by atoms with Gasteiger partial charge in [-0.15, -0.1) is 0 Å². The Balaban J connectivity index is 1.84. The third-order valence-corrected chi connectivity index (χ3v) is 10.5. The zero-order valence-electron chi connectivity index (χ0n) is 26.8. The fraction of sp³-hybridized carbons (Fsp3) is 0.520. The minimum Gasteiger partial charge on any atom is -0.495 e. The Kier molecular flexibility index (Phi) is 13.3. The van der Waals surface area contributed by atoms with Crippen LogP contribution in [0.25, 0.3) is 0 Å². The van der Waals surface area contributed by atoms with Gasteiger partial charge in [0.1, 0.15) is 23.9 Å². The summed E-state index contributed by atoms with van der Waals surface area (Å²) in [6, 6.07) is 2.69. The number of phosphoric ester groups is 1. The molecule has 2 unspecified atom stereocenters. The first-order valence-corrected chi connectivity index (χ1v) is 18.6. The molecule has 1 saturated heterocycles. The standard InChI is InChI=1S/C25H36N5O17P3/c1-25(2,3)22(16-9-19(42-4)14(6-5-7-26)8-17(16)30(33)34)43-12-15-11-29(24(32)28-23(15)27)21-10-18(31)20(45-21)13-44-49(38,39)47-50(40,41)46-48(35,36)37/h8-9,11,18,20-22,31H,7,10,12-13,26H2,1-4H3,(H,38,39)(H,40,41)(H2,27,28,32)(H2,35,36,37)/t18-,20+,21+,22+/m0/s1. The smallest absolute Gasteiger partial charge is 0.490 e. The van der Waals surface area contributed by atoms with E-state index < -0.39 is 70.6 Å². The molecule has 1 aliphatic rings. The number of nitrogen functional groups attached to an aromatic ring is 1. The van der Waals surface area contributed by atoms with Gasteiger partial charge < -0.3 is 50.4 Å². The van der Waals surface area contributed by atoms with Crippen molar-refractivity contribution < 1.29 is 70.7 Å². The van der Waals surface area contributed by atoms with Crippen molar-refractivity contribution in [1.82, 2.24) is 9.55 Å². The Morgan fingerprint density at radius 1 is 1.18 bits per heavy atom. The molecule has 50 heavy (non-hydrogen) atoms. The minimum atomic E-state index is -5.78. The number of aliphatic hydroxyl groups excluding tert-OH is 1. The van der Waals surface area contributed by atoms with Crippen LogP contribution in [0.1, 0.15) is 56.2 Å². The number of ether oxygens (including phenoxy) is 3. The van der Waals surface area contributed by atoms with E-state index in [4.69, 9.17) is 35.5 Å². The van der Waals surface area contributed by atoms with Gasteiger partial charge in [0.25, 0.3) is 5.69 Å². The van der Waals surface area contributed by atoms with Crippen LogP contribution in [-0.4, -0.2) is 71.6 Å². The van der Waals surface area contributed by atoms with Gasteiger partial charge in [0.15, 0.2) is 0 Å². The summed E-state index contributed by atoms with van der Waals surface area (Å²) in [5.41, 5.74) is 9.98. The molecule has 22 nitrogen and oxygen atoms in total. The Hall–Kier alpha value is -3.09. The highest BCUT2D eigenvalue weighted by atomic mass is 31.3. The van der Waals surface area contributed by atoms with E-state index in [-0.39, 0.29) is 53.5 Å². The summed E-state index contributed by atoms with van der Waals surface area (Å²) in [7, 11) is -15.6. The maximum Gasteiger partial charge on any atom is 0.490 e. The Morgan fingerprint density at radius 3 is 2.40 bits per heavy atom. The van der Waals surface area contributed by atoms with Crippen LogP contribution >= 0.6 is 23.5 Å². The van der Waals surface area contributed by atoms with E-state index in [1.807, 2.05) is 0 Å². The summed E-state index contributed by atoms with van der Waals surface area (Å²) < 4.78 is 64.4. The molecule has 0 saturated carbocycles. The molecule has 2 aromatic rings. The van der Waals surface area contributed by atoms with Gasteiger partial charge in [-0.05, 0) is 11.5 Å². The van der Waals surface area contributed by atoms with Gasteiger partial charge in [-0.1, -0.05) is 32.6 Å². The second-order valence-corrected chi connectivity index (χ2v) is 16.0. The van der Waals surface area contributed by atoms with Crippen LogP contribution in [0.15, 0.2) is 23.1 Å². The van der Waals surface area contributed by atoms with E-state index >= 15 is 0 Å². The van der Waals surface area contributed by atoms with Crippen molar-refractivity contribution in [1.29, 1.82) is 0 Å². The number of methoxy groups -OCH3 is 1. The van der Waals surface area contributed by atoms with E-state index in [2.05, 4.69) is 30.0 Å². The van der Waals surface area contributed by atoms with Crippen LogP contribution in [0.4, 0.5) is 11.5 Å². The number of nitro benzene ring substituents is 1. The number of nitrogens with two attached hydrogens (primary N) is 2. The number of hydrogen-bond donors (Lipinski definition) is 7. The lowest BCUT2D eigenvalue weighted by molar-refractivity contribution is -0.386. The lowest BCUT2D eigenvalue weighted by Gasteiger charge is -2.31. The molecule has 0 spiro atoms. The predicted octanol–water partition coefficient (Wildman–Crippen LogP) is 1.35. The largest absolute Gasteiger partial charge is 0.495 e. The molecule has 0 aliphatic carbocycles. The predicted molar refractivity (Wildman–Crippen MR) is 170 cm³/mol. The maximum atomic E-state index is 12.8. The molecule has 1 fully saturated rings. The van der Waals surface area contributed by atoms with Gasteiger partial charge in [0.05, 0.1) is 55.1 Å². The van der Waals surface area contributed by atoms with Crippen molar-refractivity contribution >= 4 is 35.0 Å². The first-order chi connectivity index (χ1) is 23.0. The average molecular weight is 772 g/mol. The van der Waals surface area contributed by atoms with Crippen LogP contribution in [0, 0.1) is 27.4 Å². The number of aliphatic hydroxyl groups is 1. The normalized spacial score (nSPS) is 21.0. The summed E-state index contributed by atoms with van der Waals surface area (Å²) in [4.78, 5) is 64.4. The number of nitrogens with zero attached hydrogens (tertiary/aromatic N) is 3. The molecule has 278 valence electrons. The Bertz CT molecular complexity index is 1850. The quantitative estimate of drug-likeness (QED) is 0.0616. The molecule has 9 N–H and O–H groups in total. The highest BCUT2D eigenvalue weighted by Gasteiger charge is 2.43.